The minimum absolute atomic E-state index is 0.0470. The lowest BCUT2D eigenvalue weighted by atomic mass is 9.79. The van der Waals surface area contributed by atoms with Gasteiger partial charge in [-0.05, 0) is 17.5 Å². The van der Waals surface area contributed by atoms with E-state index in [-0.39, 0.29) is 23.3 Å². The van der Waals surface area contributed by atoms with E-state index in [0.29, 0.717) is 5.56 Å². The van der Waals surface area contributed by atoms with Crippen molar-refractivity contribution in [3.05, 3.63) is 35.9 Å². The van der Waals surface area contributed by atoms with Crippen LogP contribution in [-0.2, 0) is 4.79 Å². The molecule has 3 heteroatoms. The monoisotopic (exact) mass is 261 g/mol. The zero-order valence-electron chi connectivity index (χ0n) is 12.4. The molecule has 0 spiro atoms. The molecule has 0 radical (unpaired) electrons. The van der Waals surface area contributed by atoms with Gasteiger partial charge in [0.05, 0.1) is 0 Å². The van der Waals surface area contributed by atoms with Crippen LogP contribution >= 0.6 is 0 Å². The summed E-state index contributed by atoms with van der Waals surface area (Å²) in [6.45, 7) is 8.00. The second kappa shape index (κ2) is 6.00. The summed E-state index contributed by atoms with van der Waals surface area (Å²) >= 11 is 0. The Kier molecular flexibility index (Phi) is 4.87. The maximum atomic E-state index is 12.5. The van der Waals surface area contributed by atoms with Gasteiger partial charge >= 0.3 is 0 Å². The third kappa shape index (κ3) is 3.66. The minimum Gasteiger partial charge on any atom is -0.337 e. The van der Waals surface area contributed by atoms with E-state index in [1.807, 2.05) is 45.9 Å². The Hall–Kier alpha value is -1.64. The Balaban J connectivity index is 3.04. The van der Waals surface area contributed by atoms with Crippen molar-refractivity contribution in [2.45, 2.75) is 33.7 Å². The lowest BCUT2D eigenvalue weighted by Gasteiger charge is -2.40. The van der Waals surface area contributed by atoms with Gasteiger partial charge in [0.1, 0.15) is 6.29 Å². The van der Waals surface area contributed by atoms with Gasteiger partial charge in [0.25, 0.3) is 5.91 Å². The van der Waals surface area contributed by atoms with Crippen LogP contribution in [0.5, 0.6) is 0 Å². The van der Waals surface area contributed by atoms with Crippen molar-refractivity contribution in [1.29, 1.82) is 0 Å². The first kappa shape index (κ1) is 15.4. The molecule has 0 N–H and O–H groups in total. The van der Waals surface area contributed by atoms with Gasteiger partial charge in [-0.2, -0.15) is 0 Å². The highest BCUT2D eigenvalue weighted by Gasteiger charge is 2.35. The third-order valence-electron chi connectivity index (χ3n) is 3.36. The van der Waals surface area contributed by atoms with Crippen LogP contribution < -0.4 is 0 Å². The number of benzene rings is 1. The molecule has 0 fully saturated rings. The van der Waals surface area contributed by atoms with E-state index in [1.54, 1.807) is 24.1 Å². The highest BCUT2D eigenvalue weighted by Crippen LogP contribution is 2.29. The SMILES string of the molecule is C[C@H](C=O)[C@H](N(C)C(=O)c1ccccc1)C(C)(C)C. The summed E-state index contributed by atoms with van der Waals surface area (Å²) in [7, 11) is 1.77. The van der Waals surface area contributed by atoms with Crippen molar-refractivity contribution in [2.24, 2.45) is 11.3 Å². The average Bonchev–Trinajstić information content (AvgIpc) is 2.37. The van der Waals surface area contributed by atoms with Gasteiger partial charge in [-0.1, -0.05) is 45.9 Å². The molecule has 0 saturated heterocycles. The molecule has 0 unspecified atom stereocenters. The van der Waals surface area contributed by atoms with E-state index in [9.17, 15) is 9.59 Å². The predicted molar refractivity (Wildman–Crippen MR) is 77.0 cm³/mol. The van der Waals surface area contributed by atoms with Crippen LogP contribution in [0.3, 0.4) is 0 Å². The minimum atomic E-state index is -0.197. The molecule has 0 saturated carbocycles. The molecule has 0 heterocycles. The Bertz CT molecular complexity index is 434. The number of carbonyl (C=O) groups excluding carboxylic acids is 2. The fraction of sp³-hybridized carbons (Fsp3) is 0.500. The average molecular weight is 261 g/mol. The van der Waals surface area contributed by atoms with Crippen molar-refractivity contribution < 1.29 is 9.59 Å². The van der Waals surface area contributed by atoms with Gasteiger partial charge in [0.15, 0.2) is 0 Å². The molecular formula is C16H23NO2. The van der Waals surface area contributed by atoms with Crippen molar-refractivity contribution in [3.63, 3.8) is 0 Å². The lowest BCUT2D eigenvalue weighted by Crippen LogP contribution is -2.49. The maximum absolute atomic E-state index is 12.5. The fourth-order valence-corrected chi connectivity index (χ4v) is 2.71. The van der Waals surface area contributed by atoms with Crippen molar-refractivity contribution in [3.8, 4) is 0 Å². The van der Waals surface area contributed by atoms with E-state index >= 15 is 0 Å². The fourth-order valence-electron chi connectivity index (χ4n) is 2.71. The molecule has 104 valence electrons. The van der Waals surface area contributed by atoms with Gasteiger partial charge in [-0.15, -0.1) is 0 Å². The molecule has 1 aromatic carbocycles. The normalized spacial score (nSPS) is 14.6. The van der Waals surface area contributed by atoms with E-state index in [4.69, 9.17) is 0 Å². The molecule has 0 aliphatic heterocycles. The number of nitrogens with zero attached hydrogens (tertiary/aromatic N) is 1. The summed E-state index contributed by atoms with van der Waals surface area (Å²) < 4.78 is 0. The summed E-state index contributed by atoms with van der Waals surface area (Å²) in [6.07, 6.45) is 0.921. The Labute approximate surface area is 115 Å². The molecule has 1 aromatic rings. The second-order valence-corrected chi connectivity index (χ2v) is 6.09. The van der Waals surface area contributed by atoms with E-state index in [2.05, 4.69) is 0 Å². The standard InChI is InChI=1S/C16H23NO2/c1-12(11-18)14(16(2,3)4)17(5)15(19)13-9-7-6-8-10-13/h6-12,14H,1-5H3/t12-,14+/m1/s1. The molecular weight excluding hydrogens is 238 g/mol. The molecule has 2 atom stereocenters. The molecule has 3 nitrogen and oxygen atoms in total. The number of hydrogen-bond acceptors (Lipinski definition) is 2. The van der Waals surface area contributed by atoms with E-state index in [1.165, 1.54) is 0 Å². The van der Waals surface area contributed by atoms with Gasteiger partial charge in [-0.3, -0.25) is 4.79 Å². The maximum Gasteiger partial charge on any atom is 0.253 e. The molecule has 0 aliphatic rings. The molecule has 1 amide bonds. The van der Waals surface area contributed by atoms with Crippen molar-refractivity contribution in [1.82, 2.24) is 4.90 Å². The predicted octanol–water partition coefficient (Wildman–Crippen LogP) is 3.01. The molecule has 0 aromatic heterocycles. The first-order valence-electron chi connectivity index (χ1n) is 6.56. The zero-order chi connectivity index (χ0) is 14.6. The first-order valence-corrected chi connectivity index (χ1v) is 6.56. The van der Waals surface area contributed by atoms with Gasteiger partial charge in [0.2, 0.25) is 0 Å². The van der Waals surface area contributed by atoms with Crippen molar-refractivity contribution >= 4 is 12.2 Å². The smallest absolute Gasteiger partial charge is 0.253 e. The Morgan fingerprint density at radius 1 is 1.21 bits per heavy atom. The van der Waals surface area contributed by atoms with Crippen LogP contribution in [0, 0.1) is 11.3 Å². The quantitative estimate of drug-likeness (QED) is 0.781. The van der Waals surface area contributed by atoms with Crippen LogP contribution in [0.1, 0.15) is 38.1 Å². The van der Waals surface area contributed by atoms with E-state index < -0.39 is 0 Å². The lowest BCUT2D eigenvalue weighted by molar-refractivity contribution is -0.113. The van der Waals surface area contributed by atoms with E-state index in [0.717, 1.165) is 6.29 Å². The summed E-state index contributed by atoms with van der Waals surface area (Å²) in [5, 5.41) is 0. The zero-order valence-corrected chi connectivity index (χ0v) is 12.4. The number of rotatable bonds is 4. The second-order valence-electron chi connectivity index (χ2n) is 6.09. The largest absolute Gasteiger partial charge is 0.337 e. The van der Waals surface area contributed by atoms with Crippen LogP contribution in [0.4, 0.5) is 0 Å². The summed E-state index contributed by atoms with van der Waals surface area (Å²) in [5.74, 6) is -0.244. The highest BCUT2D eigenvalue weighted by molar-refractivity contribution is 5.94. The van der Waals surface area contributed by atoms with Crippen LogP contribution in [0.25, 0.3) is 0 Å². The Morgan fingerprint density at radius 3 is 2.16 bits per heavy atom. The number of aldehydes is 1. The molecule has 0 bridgehead atoms. The van der Waals surface area contributed by atoms with Gasteiger partial charge in [0, 0.05) is 24.6 Å². The number of carbonyl (C=O) groups is 2. The summed E-state index contributed by atoms with van der Waals surface area (Å²) in [5.41, 5.74) is 0.497. The van der Waals surface area contributed by atoms with Crippen LogP contribution in [-0.4, -0.2) is 30.2 Å². The molecule has 0 aliphatic carbocycles. The van der Waals surface area contributed by atoms with Gasteiger partial charge < -0.3 is 9.69 Å². The topological polar surface area (TPSA) is 37.4 Å². The molecule has 19 heavy (non-hydrogen) atoms. The Morgan fingerprint density at radius 2 is 1.74 bits per heavy atom. The highest BCUT2D eigenvalue weighted by atomic mass is 16.2. The first-order chi connectivity index (χ1) is 8.79. The third-order valence-corrected chi connectivity index (χ3v) is 3.36. The molecule has 1 rings (SSSR count). The summed E-state index contributed by atoms with van der Waals surface area (Å²) in [4.78, 5) is 25.3. The van der Waals surface area contributed by atoms with Crippen LogP contribution in [0.2, 0.25) is 0 Å². The van der Waals surface area contributed by atoms with Gasteiger partial charge in [-0.25, -0.2) is 0 Å². The summed E-state index contributed by atoms with van der Waals surface area (Å²) in [6, 6.07) is 9.03. The number of amides is 1. The van der Waals surface area contributed by atoms with Crippen LogP contribution in [0.15, 0.2) is 30.3 Å². The van der Waals surface area contributed by atoms with Crippen molar-refractivity contribution in [2.75, 3.05) is 7.05 Å². The number of hydrogen-bond donors (Lipinski definition) is 0.